The summed E-state index contributed by atoms with van der Waals surface area (Å²) in [6.07, 6.45) is 7.43. The van der Waals surface area contributed by atoms with Gasteiger partial charge >= 0.3 is 5.63 Å². The van der Waals surface area contributed by atoms with Gasteiger partial charge in [0.1, 0.15) is 22.8 Å². The molecule has 0 saturated heterocycles. The number of hydrogen-bond acceptors (Lipinski definition) is 6. The molecule has 3 aromatic rings. The van der Waals surface area contributed by atoms with Gasteiger partial charge in [-0.2, -0.15) is 0 Å². The van der Waals surface area contributed by atoms with Gasteiger partial charge in [0.2, 0.25) is 0 Å². The lowest BCUT2D eigenvalue weighted by atomic mass is 10.00. The van der Waals surface area contributed by atoms with Gasteiger partial charge in [0, 0.05) is 17.0 Å². The highest BCUT2D eigenvalue weighted by Crippen LogP contribution is 2.33. The van der Waals surface area contributed by atoms with Crippen molar-refractivity contribution in [2.24, 2.45) is 0 Å². The summed E-state index contributed by atoms with van der Waals surface area (Å²) in [5, 5.41) is 14.5. The fraction of sp³-hybridized carbons (Fsp3) is 0.385. The second-order valence-electron chi connectivity index (χ2n) is 8.72. The van der Waals surface area contributed by atoms with E-state index in [0.717, 1.165) is 85.2 Å². The zero-order chi connectivity index (χ0) is 24.9. The maximum absolute atomic E-state index is 13.4. The van der Waals surface area contributed by atoms with E-state index in [2.05, 4.69) is 12.2 Å². The molecule has 35 heavy (non-hydrogen) atoms. The SMILES string of the molecule is CCCCCCc1cc2c3c(c(=O)oc2cc1OCC(=O)Nc1ccc(F)cc1[N+](=O)[O-])CCC3. The first-order valence-electron chi connectivity index (χ1n) is 11.9. The minimum absolute atomic E-state index is 0.120. The van der Waals surface area contributed by atoms with Crippen LogP contribution in [0.1, 0.15) is 55.7 Å². The first-order valence-corrected chi connectivity index (χ1v) is 11.9. The summed E-state index contributed by atoms with van der Waals surface area (Å²) in [7, 11) is 0. The fourth-order valence-corrected chi connectivity index (χ4v) is 4.52. The van der Waals surface area contributed by atoms with E-state index >= 15 is 0 Å². The maximum Gasteiger partial charge on any atom is 0.339 e. The molecule has 1 aliphatic rings. The van der Waals surface area contributed by atoms with Crippen LogP contribution in [-0.4, -0.2) is 17.4 Å². The van der Waals surface area contributed by atoms with Crippen LogP contribution >= 0.6 is 0 Å². The highest BCUT2D eigenvalue weighted by Gasteiger charge is 2.22. The maximum atomic E-state index is 13.4. The third kappa shape index (κ3) is 5.50. The predicted molar refractivity (Wildman–Crippen MR) is 130 cm³/mol. The number of rotatable bonds is 10. The molecule has 4 rings (SSSR count). The van der Waals surface area contributed by atoms with Gasteiger partial charge in [0.15, 0.2) is 6.61 Å². The van der Waals surface area contributed by atoms with Gasteiger partial charge in [-0.1, -0.05) is 26.2 Å². The van der Waals surface area contributed by atoms with Crippen LogP contribution in [0.25, 0.3) is 11.0 Å². The summed E-state index contributed by atoms with van der Waals surface area (Å²) < 4.78 is 24.7. The molecule has 0 bridgehead atoms. The first-order chi connectivity index (χ1) is 16.9. The van der Waals surface area contributed by atoms with Crippen molar-refractivity contribution >= 4 is 28.3 Å². The van der Waals surface area contributed by atoms with E-state index < -0.39 is 28.9 Å². The molecule has 1 N–H and O–H groups in total. The van der Waals surface area contributed by atoms with Crippen LogP contribution in [0.4, 0.5) is 15.8 Å². The van der Waals surface area contributed by atoms with Crippen LogP contribution in [0, 0.1) is 15.9 Å². The Morgan fingerprint density at radius 1 is 1.17 bits per heavy atom. The molecule has 0 fully saturated rings. The van der Waals surface area contributed by atoms with Crippen molar-refractivity contribution in [3.05, 3.63) is 73.4 Å². The summed E-state index contributed by atoms with van der Waals surface area (Å²) in [5.41, 5.74) is 2.09. The number of nitro groups is 1. The average Bonchev–Trinajstić information content (AvgIpc) is 3.33. The molecule has 1 aromatic heterocycles. The standard InChI is InChI=1S/C26H27FN2O6/c1-2-3-4-5-7-16-12-20-18-8-6-9-19(18)26(31)35-24(20)14-23(16)34-15-25(30)28-21-11-10-17(27)13-22(21)29(32)33/h10-14H,2-9,15H2,1H3,(H,28,30). The van der Waals surface area contributed by atoms with Crippen LogP contribution in [0.3, 0.4) is 0 Å². The van der Waals surface area contributed by atoms with Crippen molar-refractivity contribution in [1.82, 2.24) is 0 Å². The number of anilines is 1. The molecule has 9 heteroatoms. The van der Waals surface area contributed by atoms with Crippen LogP contribution in [0.5, 0.6) is 5.75 Å². The van der Waals surface area contributed by atoms with E-state index in [-0.39, 0.29) is 11.3 Å². The summed E-state index contributed by atoms with van der Waals surface area (Å²) in [4.78, 5) is 35.3. The fourth-order valence-electron chi connectivity index (χ4n) is 4.52. The lowest BCUT2D eigenvalue weighted by molar-refractivity contribution is -0.384. The molecule has 184 valence electrons. The van der Waals surface area contributed by atoms with Crippen LogP contribution in [0.2, 0.25) is 0 Å². The molecule has 1 heterocycles. The van der Waals surface area contributed by atoms with Crippen LogP contribution in [0.15, 0.2) is 39.5 Å². The van der Waals surface area contributed by atoms with E-state index in [4.69, 9.17) is 9.15 Å². The quantitative estimate of drug-likeness (QED) is 0.178. The molecule has 1 amide bonds. The smallest absolute Gasteiger partial charge is 0.339 e. The van der Waals surface area contributed by atoms with Gasteiger partial charge in [-0.25, -0.2) is 9.18 Å². The molecule has 0 atom stereocenters. The Labute approximate surface area is 201 Å². The number of nitrogens with one attached hydrogen (secondary N) is 1. The van der Waals surface area contributed by atoms with Crippen LogP contribution in [-0.2, 0) is 24.1 Å². The summed E-state index contributed by atoms with van der Waals surface area (Å²) >= 11 is 0. The molecular formula is C26H27FN2O6. The van der Waals surface area contributed by atoms with Crippen molar-refractivity contribution in [1.29, 1.82) is 0 Å². The second kappa shape index (κ2) is 10.7. The van der Waals surface area contributed by atoms with Crippen molar-refractivity contribution in [2.75, 3.05) is 11.9 Å². The lowest BCUT2D eigenvalue weighted by Gasteiger charge is -2.14. The molecular weight excluding hydrogens is 455 g/mol. The van der Waals surface area contributed by atoms with Crippen molar-refractivity contribution in [3.63, 3.8) is 0 Å². The number of nitrogens with zero attached hydrogens (tertiary/aromatic N) is 1. The van der Waals surface area contributed by atoms with E-state index in [1.54, 1.807) is 6.07 Å². The van der Waals surface area contributed by atoms with Crippen molar-refractivity contribution < 1.29 is 23.3 Å². The van der Waals surface area contributed by atoms with E-state index in [1.165, 1.54) is 0 Å². The van der Waals surface area contributed by atoms with E-state index in [9.17, 15) is 24.1 Å². The molecule has 0 unspecified atom stereocenters. The van der Waals surface area contributed by atoms with Gasteiger partial charge in [-0.15, -0.1) is 0 Å². The number of fused-ring (bicyclic) bond motifs is 3. The number of carbonyl (C=O) groups excluding carboxylic acids is 1. The van der Waals surface area contributed by atoms with Crippen molar-refractivity contribution in [3.8, 4) is 5.75 Å². The normalized spacial score (nSPS) is 12.5. The Kier molecular flexibility index (Phi) is 7.43. The third-order valence-electron chi connectivity index (χ3n) is 6.24. The number of ether oxygens (including phenoxy) is 1. The average molecular weight is 483 g/mol. The molecule has 2 aromatic carbocycles. The van der Waals surface area contributed by atoms with E-state index in [0.29, 0.717) is 17.8 Å². The molecule has 1 aliphatic carbocycles. The Morgan fingerprint density at radius 2 is 1.97 bits per heavy atom. The van der Waals surface area contributed by atoms with Gasteiger partial charge in [0.25, 0.3) is 11.6 Å². The number of hydrogen-bond donors (Lipinski definition) is 1. The van der Waals surface area contributed by atoms with Gasteiger partial charge < -0.3 is 14.5 Å². The van der Waals surface area contributed by atoms with Gasteiger partial charge in [0.05, 0.1) is 11.0 Å². The minimum Gasteiger partial charge on any atom is -0.483 e. The van der Waals surface area contributed by atoms with Gasteiger partial charge in [-0.05, 0) is 61.4 Å². The molecule has 0 saturated carbocycles. The predicted octanol–water partition coefficient (Wildman–Crippen LogP) is 5.47. The number of halogens is 1. The van der Waals surface area contributed by atoms with Crippen molar-refractivity contribution in [2.45, 2.75) is 58.3 Å². The summed E-state index contributed by atoms with van der Waals surface area (Å²) in [5.74, 6) is -0.978. The lowest BCUT2D eigenvalue weighted by Crippen LogP contribution is -2.21. The number of unbranched alkanes of at least 4 members (excludes halogenated alkanes) is 3. The zero-order valence-corrected chi connectivity index (χ0v) is 19.5. The topological polar surface area (TPSA) is 112 Å². The molecule has 0 radical (unpaired) electrons. The second-order valence-corrected chi connectivity index (χ2v) is 8.72. The largest absolute Gasteiger partial charge is 0.483 e. The summed E-state index contributed by atoms with van der Waals surface area (Å²) in [6.45, 7) is 1.72. The molecule has 8 nitrogen and oxygen atoms in total. The van der Waals surface area contributed by atoms with E-state index in [1.807, 2.05) is 6.07 Å². The number of benzene rings is 2. The summed E-state index contributed by atoms with van der Waals surface area (Å²) in [6, 6.07) is 6.55. The minimum atomic E-state index is -0.775. The number of aryl methyl sites for hydroxylation is 2. The third-order valence-corrected chi connectivity index (χ3v) is 6.24. The molecule has 0 aliphatic heterocycles. The highest BCUT2D eigenvalue weighted by molar-refractivity contribution is 5.94. The Balaban J connectivity index is 1.57. The number of nitro benzene ring substituents is 1. The Bertz CT molecular complexity index is 1330. The highest BCUT2D eigenvalue weighted by atomic mass is 19.1. The van der Waals surface area contributed by atoms with Gasteiger partial charge in [-0.3, -0.25) is 14.9 Å². The first kappa shape index (κ1) is 24.4. The van der Waals surface area contributed by atoms with Crippen LogP contribution < -0.4 is 15.7 Å². The molecule has 0 spiro atoms. The number of carbonyl (C=O) groups is 1. The number of amides is 1. The Morgan fingerprint density at radius 3 is 2.74 bits per heavy atom. The Hall–Kier alpha value is -3.75. The zero-order valence-electron chi connectivity index (χ0n) is 19.5. The monoisotopic (exact) mass is 482 g/mol.